The van der Waals surface area contributed by atoms with Gasteiger partial charge < -0.3 is 4.74 Å². The van der Waals surface area contributed by atoms with E-state index in [4.69, 9.17) is 9.72 Å². The fourth-order valence-corrected chi connectivity index (χ4v) is 5.14. The van der Waals surface area contributed by atoms with E-state index in [1.807, 2.05) is 84.9 Å². The van der Waals surface area contributed by atoms with Gasteiger partial charge in [-0.25, -0.2) is 4.98 Å². The van der Waals surface area contributed by atoms with Crippen molar-refractivity contribution >= 4 is 17.7 Å². The largest absolute Gasteiger partial charge is 0.496 e. The van der Waals surface area contributed by atoms with Gasteiger partial charge in [-0.15, -0.1) is 0 Å². The van der Waals surface area contributed by atoms with Gasteiger partial charge in [-0.05, 0) is 6.07 Å². The van der Waals surface area contributed by atoms with Crippen molar-refractivity contribution in [1.82, 2.24) is 9.55 Å². The molecule has 0 spiro atoms. The zero-order valence-corrected chi connectivity index (χ0v) is 17.3. The minimum absolute atomic E-state index is 0.0317. The second-order valence-electron chi connectivity index (χ2n) is 7.11. The molecule has 148 valence electrons. The Morgan fingerprint density at radius 3 is 2.23 bits per heavy atom. The molecule has 0 N–H and O–H groups in total. The summed E-state index contributed by atoms with van der Waals surface area (Å²) in [6, 6.07) is 27.9. The summed E-state index contributed by atoms with van der Waals surface area (Å²) in [5, 5.41) is 0.690. The molecular weight excluding hydrogens is 392 g/mol. The lowest BCUT2D eigenvalue weighted by Crippen LogP contribution is -2.21. The second-order valence-corrected chi connectivity index (χ2v) is 8.28. The molecular formula is C25H20N2O2S. The fourth-order valence-electron chi connectivity index (χ4n) is 3.89. The van der Waals surface area contributed by atoms with Crippen molar-refractivity contribution in [2.75, 3.05) is 7.11 Å². The van der Waals surface area contributed by atoms with E-state index >= 15 is 0 Å². The molecule has 4 aromatic rings. The first kappa shape index (κ1) is 18.7. The monoisotopic (exact) mass is 412 g/mol. The topological polar surface area (TPSA) is 44.1 Å². The van der Waals surface area contributed by atoms with E-state index in [1.165, 1.54) is 0 Å². The number of thioether (sulfide) groups is 1. The molecule has 0 aliphatic carbocycles. The van der Waals surface area contributed by atoms with Crippen molar-refractivity contribution in [3.8, 4) is 28.3 Å². The predicted molar refractivity (Wildman–Crippen MR) is 120 cm³/mol. The van der Waals surface area contributed by atoms with Gasteiger partial charge in [0.25, 0.3) is 0 Å². The van der Waals surface area contributed by atoms with E-state index < -0.39 is 0 Å². The van der Waals surface area contributed by atoms with Gasteiger partial charge in [0.15, 0.2) is 5.16 Å². The standard InChI is InChI=1S/C25H20N2O2S/c1-29-20-15-9-8-14-19(20)21-16-22(28)27-24(18-12-6-3-7-13-18)23(26-25(27)30-21)17-10-4-2-5-11-17/h2-15,21H,16H2,1H3/t21-/m1/s1. The Hall–Kier alpha value is -3.31. The van der Waals surface area contributed by atoms with E-state index in [0.29, 0.717) is 6.42 Å². The number of imidazole rings is 1. The Morgan fingerprint density at radius 1 is 0.900 bits per heavy atom. The van der Waals surface area contributed by atoms with Crippen LogP contribution in [0.3, 0.4) is 0 Å². The van der Waals surface area contributed by atoms with Crippen LogP contribution in [-0.4, -0.2) is 22.6 Å². The Morgan fingerprint density at radius 2 is 1.53 bits per heavy atom. The van der Waals surface area contributed by atoms with Crippen molar-refractivity contribution in [3.05, 3.63) is 90.5 Å². The minimum atomic E-state index is -0.0317. The highest BCUT2D eigenvalue weighted by Crippen LogP contribution is 2.47. The molecule has 1 aliphatic heterocycles. The predicted octanol–water partition coefficient (Wildman–Crippen LogP) is 6.10. The summed E-state index contributed by atoms with van der Waals surface area (Å²) in [6.07, 6.45) is 0.391. The molecule has 3 aromatic carbocycles. The number of fused-ring (bicyclic) bond motifs is 1. The lowest BCUT2D eigenvalue weighted by atomic mass is 10.0. The molecule has 1 aromatic heterocycles. The Balaban J connectivity index is 1.67. The molecule has 0 fully saturated rings. The molecule has 1 aliphatic rings. The summed E-state index contributed by atoms with van der Waals surface area (Å²) < 4.78 is 7.32. The van der Waals surface area contributed by atoms with Gasteiger partial charge in [0.1, 0.15) is 5.75 Å². The maximum absolute atomic E-state index is 13.4. The number of ether oxygens (including phenoxy) is 1. The first-order chi connectivity index (χ1) is 14.8. The number of aromatic nitrogens is 2. The lowest BCUT2D eigenvalue weighted by molar-refractivity contribution is 0.0888. The number of methoxy groups -OCH3 is 1. The van der Waals surface area contributed by atoms with Crippen LogP contribution in [-0.2, 0) is 0 Å². The molecule has 2 heterocycles. The SMILES string of the molecule is COc1ccccc1[C@H]1CC(=O)n2c(nc(-c3ccccc3)c2-c2ccccc2)S1. The Bertz CT molecular complexity index is 1200. The number of para-hydroxylation sites is 1. The van der Waals surface area contributed by atoms with Crippen LogP contribution >= 0.6 is 11.8 Å². The molecule has 1 atom stereocenters. The van der Waals surface area contributed by atoms with E-state index in [1.54, 1.807) is 23.4 Å². The smallest absolute Gasteiger partial charge is 0.234 e. The average Bonchev–Trinajstić information content (AvgIpc) is 3.20. The van der Waals surface area contributed by atoms with Crippen LogP contribution in [0.25, 0.3) is 22.5 Å². The van der Waals surface area contributed by atoms with E-state index in [-0.39, 0.29) is 11.2 Å². The number of carbonyl (C=O) groups is 1. The van der Waals surface area contributed by atoms with Gasteiger partial charge in [0.05, 0.1) is 18.5 Å². The van der Waals surface area contributed by atoms with Gasteiger partial charge in [-0.3, -0.25) is 9.36 Å². The van der Waals surface area contributed by atoms with Gasteiger partial charge in [-0.1, -0.05) is 90.6 Å². The molecule has 0 saturated heterocycles. The molecule has 0 saturated carbocycles. The first-order valence-corrected chi connectivity index (χ1v) is 10.7. The molecule has 4 nitrogen and oxygen atoms in total. The highest BCUT2D eigenvalue weighted by molar-refractivity contribution is 7.99. The second kappa shape index (κ2) is 7.84. The third-order valence-electron chi connectivity index (χ3n) is 5.28. The highest BCUT2D eigenvalue weighted by atomic mass is 32.2. The van der Waals surface area contributed by atoms with Crippen molar-refractivity contribution in [1.29, 1.82) is 0 Å². The zero-order valence-electron chi connectivity index (χ0n) is 16.5. The van der Waals surface area contributed by atoms with Crippen LogP contribution in [0.5, 0.6) is 5.75 Å². The third-order valence-corrected chi connectivity index (χ3v) is 6.47. The van der Waals surface area contributed by atoms with E-state index in [2.05, 4.69) is 0 Å². The van der Waals surface area contributed by atoms with Gasteiger partial charge in [0, 0.05) is 28.4 Å². The van der Waals surface area contributed by atoms with Crippen LogP contribution in [0.4, 0.5) is 0 Å². The molecule has 30 heavy (non-hydrogen) atoms. The lowest BCUT2D eigenvalue weighted by Gasteiger charge is -2.24. The van der Waals surface area contributed by atoms with Crippen molar-refractivity contribution in [2.24, 2.45) is 0 Å². The van der Waals surface area contributed by atoms with Gasteiger partial charge in [-0.2, -0.15) is 0 Å². The summed E-state index contributed by atoms with van der Waals surface area (Å²) in [6.45, 7) is 0. The van der Waals surface area contributed by atoms with Crippen LogP contribution in [0, 0.1) is 0 Å². The number of hydrogen-bond acceptors (Lipinski definition) is 4. The molecule has 0 bridgehead atoms. The quantitative estimate of drug-likeness (QED) is 0.406. The maximum Gasteiger partial charge on any atom is 0.234 e. The van der Waals surface area contributed by atoms with Gasteiger partial charge in [0.2, 0.25) is 5.91 Å². The summed E-state index contributed by atoms with van der Waals surface area (Å²) >= 11 is 1.62. The van der Waals surface area contributed by atoms with Gasteiger partial charge >= 0.3 is 0 Å². The average molecular weight is 413 g/mol. The van der Waals surface area contributed by atoms with Crippen molar-refractivity contribution in [3.63, 3.8) is 0 Å². The zero-order chi connectivity index (χ0) is 20.5. The summed E-state index contributed by atoms with van der Waals surface area (Å²) in [5.74, 6) is 0.850. The minimum Gasteiger partial charge on any atom is -0.496 e. The number of carbonyl (C=O) groups excluding carboxylic acids is 1. The molecule has 0 radical (unpaired) electrons. The van der Waals surface area contributed by atoms with Crippen molar-refractivity contribution < 1.29 is 9.53 Å². The van der Waals surface area contributed by atoms with Crippen LogP contribution in [0.2, 0.25) is 0 Å². The third kappa shape index (κ3) is 3.21. The Kier molecular flexibility index (Phi) is 4.89. The number of rotatable bonds is 4. The summed E-state index contributed by atoms with van der Waals surface area (Å²) in [5.41, 5.74) is 4.70. The molecule has 5 heteroatoms. The maximum atomic E-state index is 13.4. The molecule has 5 rings (SSSR count). The normalized spacial score (nSPS) is 15.6. The van der Waals surface area contributed by atoms with E-state index in [9.17, 15) is 4.79 Å². The summed E-state index contributed by atoms with van der Waals surface area (Å²) in [7, 11) is 1.66. The van der Waals surface area contributed by atoms with Crippen LogP contribution in [0.1, 0.15) is 22.0 Å². The van der Waals surface area contributed by atoms with Crippen LogP contribution in [0.15, 0.2) is 90.1 Å². The van der Waals surface area contributed by atoms with E-state index in [0.717, 1.165) is 39.0 Å². The van der Waals surface area contributed by atoms with Crippen LogP contribution < -0.4 is 4.74 Å². The number of benzene rings is 3. The Labute approximate surface area is 179 Å². The molecule has 0 amide bonds. The van der Waals surface area contributed by atoms with Crippen molar-refractivity contribution in [2.45, 2.75) is 16.8 Å². The summed E-state index contributed by atoms with van der Waals surface area (Å²) in [4.78, 5) is 18.3. The molecule has 0 unspecified atom stereocenters. The fraction of sp³-hybridized carbons (Fsp3) is 0.120. The number of hydrogen-bond donors (Lipinski definition) is 0. The number of nitrogens with zero attached hydrogens (tertiary/aromatic N) is 2. The highest BCUT2D eigenvalue weighted by Gasteiger charge is 2.33. The first-order valence-electron chi connectivity index (χ1n) is 9.82.